The van der Waals surface area contributed by atoms with Crippen molar-refractivity contribution in [1.29, 1.82) is 0 Å². The lowest BCUT2D eigenvalue weighted by atomic mass is 10.1. The van der Waals surface area contributed by atoms with Crippen LogP contribution in [0.25, 0.3) is 10.2 Å². The van der Waals surface area contributed by atoms with Gasteiger partial charge in [0, 0.05) is 5.56 Å². The number of hydrogen-bond acceptors (Lipinski definition) is 4. The molecule has 0 unspecified atom stereocenters. The molecule has 0 aliphatic rings. The summed E-state index contributed by atoms with van der Waals surface area (Å²) < 4.78 is 19.2. The maximum atomic E-state index is 13.4. The predicted molar refractivity (Wildman–Crippen MR) is 76.0 cm³/mol. The second-order valence-electron chi connectivity index (χ2n) is 4.17. The Morgan fingerprint density at radius 1 is 1.25 bits per heavy atom. The molecular formula is C15H10FNO2S. The van der Waals surface area contributed by atoms with E-state index in [1.165, 1.54) is 36.6 Å². The molecule has 1 heterocycles. The average molecular weight is 287 g/mol. The monoisotopic (exact) mass is 287 g/mol. The van der Waals surface area contributed by atoms with Gasteiger partial charge in [-0.25, -0.2) is 9.37 Å². The van der Waals surface area contributed by atoms with Crippen LogP contribution in [0.3, 0.4) is 0 Å². The fraction of sp³-hybridized carbons (Fsp3) is 0.0667. The SMILES string of the molecule is COc1cc(C(=O)c2nc3ccccc3s2)ccc1F. The largest absolute Gasteiger partial charge is 0.494 e. The molecule has 0 spiro atoms. The molecule has 3 nitrogen and oxygen atoms in total. The van der Waals surface area contributed by atoms with Gasteiger partial charge < -0.3 is 4.74 Å². The molecule has 5 heteroatoms. The zero-order valence-corrected chi connectivity index (χ0v) is 11.4. The van der Waals surface area contributed by atoms with Crippen LogP contribution in [0.15, 0.2) is 42.5 Å². The van der Waals surface area contributed by atoms with E-state index in [1.54, 1.807) is 0 Å². The van der Waals surface area contributed by atoms with E-state index in [9.17, 15) is 9.18 Å². The third kappa shape index (κ3) is 2.16. The summed E-state index contributed by atoms with van der Waals surface area (Å²) in [5, 5.41) is 0.389. The van der Waals surface area contributed by atoms with Crippen LogP contribution in [-0.4, -0.2) is 17.9 Å². The van der Waals surface area contributed by atoms with Crippen LogP contribution in [0, 0.1) is 5.82 Å². The number of fused-ring (bicyclic) bond motifs is 1. The molecule has 0 radical (unpaired) electrons. The number of para-hydroxylation sites is 1. The molecule has 0 saturated carbocycles. The fourth-order valence-electron chi connectivity index (χ4n) is 1.89. The smallest absolute Gasteiger partial charge is 0.221 e. The highest BCUT2D eigenvalue weighted by Crippen LogP contribution is 2.25. The van der Waals surface area contributed by atoms with E-state index in [0.29, 0.717) is 10.6 Å². The first-order valence-corrected chi connectivity index (χ1v) is 6.74. The number of carbonyl (C=O) groups is 1. The van der Waals surface area contributed by atoms with Gasteiger partial charge in [0.05, 0.1) is 17.3 Å². The fourth-order valence-corrected chi connectivity index (χ4v) is 2.82. The van der Waals surface area contributed by atoms with Gasteiger partial charge in [-0.05, 0) is 30.3 Å². The van der Waals surface area contributed by atoms with Crippen LogP contribution < -0.4 is 4.74 Å². The van der Waals surface area contributed by atoms with Crippen molar-refractivity contribution in [3.8, 4) is 5.75 Å². The van der Waals surface area contributed by atoms with Crippen LogP contribution >= 0.6 is 11.3 Å². The number of hydrogen-bond donors (Lipinski definition) is 0. The molecule has 0 N–H and O–H groups in total. The zero-order chi connectivity index (χ0) is 14.1. The second kappa shape index (κ2) is 5.02. The number of nitrogens with zero attached hydrogens (tertiary/aromatic N) is 1. The van der Waals surface area contributed by atoms with Crippen molar-refractivity contribution in [2.45, 2.75) is 0 Å². The van der Waals surface area contributed by atoms with E-state index in [1.807, 2.05) is 24.3 Å². The number of rotatable bonds is 3. The molecule has 0 atom stereocenters. The van der Waals surface area contributed by atoms with Crippen LogP contribution in [0.1, 0.15) is 15.4 Å². The van der Waals surface area contributed by atoms with Gasteiger partial charge in [0.1, 0.15) is 0 Å². The van der Waals surface area contributed by atoms with Crippen molar-refractivity contribution in [1.82, 2.24) is 4.98 Å². The average Bonchev–Trinajstić information content (AvgIpc) is 2.91. The number of ketones is 1. The molecule has 0 fully saturated rings. The Morgan fingerprint density at radius 3 is 2.80 bits per heavy atom. The highest BCUT2D eigenvalue weighted by atomic mass is 32.1. The van der Waals surface area contributed by atoms with Crippen molar-refractivity contribution in [2.75, 3.05) is 7.11 Å². The van der Waals surface area contributed by atoms with Gasteiger partial charge in [-0.1, -0.05) is 12.1 Å². The number of ether oxygens (including phenoxy) is 1. The van der Waals surface area contributed by atoms with Gasteiger partial charge in [-0.3, -0.25) is 4.79 Å². The summed E-state index contributed by atoms with van der Waals surface area (Å²) >= 11 is 1.32. The number of carbonyl (C=O) groups excluding carboxylic acids is 1. The Hall–Kier alpha value is -2.27. The summed E-state index contributed by atoms with van der Waals surface area (Å²) in [6.07, 6.45) is 0. The van der Waals surface area contributed by atoms with Crippen LogP contribution in [0.4, 0.5) is 4.39 Å². The van der Waals surface area contributed by atoms with Gasteiger partial charge in [0.25, 0.3) is 0 Å². The standard InChI is InChI=1S/C15H10FNO2S/c1-19-12-8-9(6-7-10(12)16)14(18)15-17-11-4-2-3-5-13(11)20-15/h2-8H,1H3. The predicted octanol–water partition coefficient (Wildman–Crippen LogP) is 3.68. The summed E-state index contributed by atoms with van der Waals surface area (Å²) in [4.78, 5) is 16.7. The van der Waals surface area contributed by atoms with Crippen LogP contribution in [0.2, 0.25) is 0 Å². The summed E-state index contributed by atoms with van der Waals surface area (Å²) in [6.45, 7) is 0. The molecule has 3 rings (SSSR count). The molecule has 0 bridgehead atoms. The topological polar surface area (TPSA) is 39.2 Å². The Bertz CT molecular complexity index is 764. The van der Waals surface area contributed by atoms with Gasteiger partial charge >= 0.3 is 0 Å². The molecule has 0 amide bonds. The second-order valence-corrected chi connectivity index (χ2v) is 5.20. The van der Waals surface area contributed by atoms with Gasteiger partial charge in [0.15, 0.2) is 16.6 Å². The Kier molecular flexibility index (Phi) is 3.20. The molecule has 0 aliphatic heterocycles. The minimum atomic E-state index is -0.492. The quantitative estimate of drug-likeness (QED) is 0.690. The van der Waals surface area contributed by atoms with E-state index in [2.05, 4.69) is 4.98 Å². The Balaban J connectivity index is 2.03. The highest BCUT2D eigenvalue weighted by Gasteiger charge is 2.16. The molecule has 0 saturated heterocycles. The maximum Gasteiger partial charge on any atom is 0.221 e. The molecule has 100 valence electrons. The summed E-state index contributed by atoms with van der Waals surface area (Å²) in [5.41, 5.74) is 1.15. The molecule has 3 aromatic rings. The number of thiazole rings is 1. The van der Waals surface area contributed by atoms with Crippen LogP contribution in [0.5, 0.6) is 5.75 Å². The molecular weight excluding hydrogens is 277 g/mol. The first-order chi connectivity index (χ1) is 9.69. The lowest BCUT2D eigenvalue weighted by Crippen LogP contribution is -2.01. The van der Waals surface area contributed by atoms with Gasteiger partial charge in [0.2, 0.25) is 5.78 Å². The lowest BCUT2D eigenvalue weighted by molar-refractivity contribution is 0.103. The molecule has 20 heavy (non-hydrogen) atoms. The van der Waals surface area contributed by atoms with Gasteiger partial charge in [-0.2, -0.15) is 0 Å². The normalized spacial score (nSPS) is 10.7. The third-order valence-electron chi connectivity index (χ3n) is 2.90. The zero-order valence-electron chi connectivity index (χ0n) is 10.6. The molecule has 2 aromatic carbocycles. The summed E-state index contributed by atoms with van der Waals surface area (Å²) in [6, 6.07) is 11.6. The summed E-state index contributed by atoms with van der Waals surface area (Å²) in [7, 11) is 1.37. The van der Waals surface area contributed by atoms with Crippen LogP contribution in [-0.2, 0) is 0 Å². The van der Waals surface area contributed by atoms with Gasteiger partial charge in [-0.15, -0.1) is 11.3 Å². The number of halogens is 1. The van der Waals surface area contributed by atoms with Crippen molar-refractivity contribution < 1.29 is 13.9 Å². The first kappa shape index (κ1) is 12.7. The van der Waals surface area contributed by atoms with Crippen molar-refractivity contribution in [3.63, 3.8) is 0 Å². The van der Waals surface area contributed by atoms with Crippen molar-refractivity contribution in [2.24, 2.45) is 0 Å². The number of benzene rings is 2. The number of aromatic nitrogens is 1. The van der Waals surface area contributed by atoms with Crippen molar-refractivity contribution >= 4 is 27.3 Å². The highest BCUT2D eigenvalue weighted by molar-refractivity contribution is 7.20. The minimum Gasteiger partial charge on any atom is -0.494 e. The lowest BCUT2D eigenvalue weighted by Gasteiger charge is -2.03. The van der Waals surface area contributed by atoms with E-state index in [0.717, 1.165) is 10.2 Å². The third-order valence-corrected chi connectivity index (χ3v) is 3.94. The Morgan fingerprint density at radius 2 is 2.05 bits per heavy atom. The molecule has 1 aromatic heterocycles. The first-order valence-electron chi connectivity index (χ1n) is 5.93. The van der Waals surface area contributed by atoms with E-state index < -0.39 is 5.82 Å². The van der Waals surface area contributed by atoms with E-state index >= 15 is 0 Å². The minimum absolute atomic E-state index is 0.0527. The van der Waals surface area contributed by atoms with E-state index in [-0.39, 0.29) is 11.5 Å². The summed E-state index contributed by atoms with van der Waals surface area (Å²) in [5.74, 6) is -0.671. The number of methoxy groups -OCH3 is 1. The molecule has 0 aliphatic carbocycles. The van der Waals surface area contributed by atoms with Crippen molar-refractivity contribution in [3.05, 3.63) is 58.9 Å². The maximum absolute atomic E-state index is 13.4. The van der Waals surface area contributed by atoms with E-state index in [4.69, 9.17) is 4.74 Å². The Labute approximate surface area is 118 Å².